The first kappa shape index (κ1) is 23.6. The van der Waals surface area contributed by atoms with Gasteiger partial charge in [-0.3, -0.25) is 0 Å². The highest BCUT2D eigenvalue weighted by atomic mass is 19.3. The zero-order valence-electron chi connectivity index (χ0n) is 15.2. The standard InChI is InChI=1S/C18H32F6/c1-13(2)18(23,24)10-5-6-15(4)12-17(21,22)11-9-14(3)7-8-16(19)20/h13-16H,5-12H2,1-4H3. The fourth-order valence-electron chi connectivity index (χ4n) is 2.70. The fraction of sp³-hybridized carbons (Fsp3) is 1.00. The molecule has 0 aromatic carbocycles. The van der Waals surface area contributed by atoms with Crippen LogP contribution in [-0.2, 0) is 0 Å². The van der Waals surface area contributed by atoms with Crippen molar-refractivity contribution in [2.75, 3.05) is 0 Å². The third-order valence-electron chi connectivity index (χ3n) is 4.58. The summed E-state index contributed by atoms with van der Waals surface area (Å²) >= 11 is 0. The van der Waals surface area contributed by atoms with Gasteiger partial charge in [-0.25, -0.2) is 26.3 Å². The first-order chi connectivity index (χ1) is 10.9. The third kappa shape index (κ3) is 11.2. The van der Waals surface area contributed by atoms with E-state index >= 15 is 0 Å². The van der Waals surface area contributed by atoms with E-state index in [-0.39, 0.29) is 56.8 Å². The summed E-state index contributed by atoms with van der Waals surface area (Å²) in [4.78, 5) is 0. The van der Waals surface area contributed by atoms with Gasteiger partial charge in [0, 0.05) is 31.6 Å². The van der Waals surface area contributed by atoms with E-state index in [9.17, 15) is 26.3 Å². The molecular weight excluding hydrogens is 330 g/mol. The monoisotopic (exact) mass is 362 g/mol. The quantitative estimate of drug-likeness (QED) is 0.296. The molecule has 0 spiro atoms. The third-order valence-corrected chi connectivity index (χ3v) is 4.58. The van der Waals surface area contributed by atoms with Crippen LogP contribution in [0.25, 0.3) is 0 Å². The van der Waals surface area contributed by atoms with Gasteiger partial charge in [-0.1, -0.05) is 34.1 Å². The predicted octanol–water partition coefficient (Wildman–Crippen LogP) is 7.57. The molecule has 0 N–H and O–H groups in total. The molecule has 0 amide bonds. The van der Waals surface area contributed by atoms with Crippen LogP contribution in [0.2, 0.25) is 0 Å². The van der Waals surface area contributed by atoms with Crippen molar-refractivity contribution in [2.24, 2.45) is 17.8 Å². The van der Waals surface area contributed by atoms with Gasteiger partial charge in [0.1, 0.15) is 0 Å². The molecule has 0 nitrogen and oxygen atoms in total. The smallest absolute Gasteiger partial charge is 0.211 e. The molecule has 0 aliphatic rings. The second-order valence-corrected chi connectivity index (χ2v) is 7.59. The molecule has 0 aliphatic carbocycles. The van der Waals surface area contributed by atoms with Crippen molar-refractivity contribution < 1.29 is 26.3 Å². The molecule has 0 heterocycles. The summed E-state index contributed by atoms with van der Waals surface area (Å²) in [7, 11) is 0. The number of rotatable bonds is 13. The number of halogens is 6. The van der Waals surface area contributed by atoms with Crippen LogP contribution in [0.4, 0.5) is 26.3 Å². The number of hydrogen-bond acceptors (Lipinski definition) is 0. The zero-order valence-corrected chi connectivity index (χ0v) is 15.2. The molecule has 0 radical (unpaired) electrons. The van der Waals surface area contributed by atoms with Crippen LogP contribution < -0.4 is 0 Å². The van der Waals surface area contributed by atoms with E-state index in [1.807, 2.05) is 0 Å². The minimum absolute atomic E-state index is 0.162. The Balaban J connectivity index is 4.07. The topological polar surface area (TPSA) is 0 Å². The highest BCUT2D eigenvalue weighted by Crippen LogP contribution is 2.34. The Morgan fingerprint density at radius 2 is 1.29 bits per heavy atom. The Bertz CT molecular complexity index is 327. The maximum atomic E-state index is 13.9. The van der Waals surface area contributed by atoms with Gasteiger partial charge in [-0.2, -0.15) is 0 Å². The van der Waals surface area contributed by atoms with Crippen LogP contribution in [-0.4, -0.2) is 18.3 Å². The van der Waals surface area contributed by atoms with E-state index in [4.69, 9.17) is 0 Å². The molecule has 0 bridgehead atoms. The first-order valence-electron chi connectivity index (χ1n) is 8.89. The van der Waals surface area contributed by atoms with Crippen molar-refractivity contribution in [3.63, 3.8) is 0 Å². The highest BCUT2D eigenvalue weighted by Gasteiger charge is 2.34. The van der Waals surface area contributed by atoms with Crippen molar-refractivity contribution in [2.45, 2.75) is 97.3 Å². The summed E-state index contributed by atoms with van der Waals surface area (Å²) in [6.45, 7) is 6.26. The number of hydrogen-bond donors (Lipinski definition) is 0. The highest BCUT2D eigenvalue weighted by molar-refractivity contribution is 4.74. The molecular formula is C18H32F6. The normalized spacial score (nSPS) is 16.0. The summed E-state index contributed by atoms with van der Waals surface area (Å²) in [5.74, 6) is -6.85. The largest absolute Gasteiger partial charge is 0.250 e. The summed E-state index contributed by atoms with van der Waals surface area (Å²) in [5, 5.41) is 0. The van der Waals surface area contributed by atoms with Gasteiger partial charge in [0.15, 0.2) is 0 Å². The fourth-order valence-corrected chi connectivity index (χ4v) is 2.70. The van der Waals surface area contributed by atoms with Gasteiger partial charge in [-0.15, -0.1) is 0 Å². The predicted molar refractivity (Wildman–Crippen MR) is 86.0 cm³/mol. The molecule has 0 aromatic heterocycles. The Hall–Kier alpha value is -0.420. The van der Waals surface area contributed by atoms with E-state index in [0.717, 1.165) is 0 Å². The van der Waals surface area contributed by atoms with E-state index in [1.165, 1.54) is 13.8 Å². The summed E-state index contributed by atoms with van der Waals surface area (Å²) in [6, 6.07) is 0. The molecule has 24 heavy (non-hydrogen) atoms. The van der Waals surface area contributed by atoms with E-state index in [0.29, 0.717) is 6.42 Å². The van der Waals surface area contributed by atoms with Crippen molar-refractivity contribution >= 4 is 0 Å². The molecule has 2 atom stereocenters. The average molecular weight is 362 g/mol. The molecule has 6 heteroatoms. The summed E-state index contributed by atoms with van der Waals surface area (Å²) in [5.41, 5.74) is 0. The molecule has 0 saturated heterocycles. The average Bonchev–Trinajstić information content (AvgIpc) is 2.42. The molecule has 0 aromatic rings. The zero-order chi connectivity index (χ0) is 19.0. The second kappa shape index (κ2) is 10.5. The van der Waals surface area contributed by atoms with Gasteiger partial charge in [0.05, 0.1) is 0 Å². The molecule has 0 saturated carbocycles. The van der Waals surface area contributed by atoms with Gasteiger partial charge < -0.3 is 0 Å². The molecule has 0 rings (SSSR count). The Labute approximate surface area is 142 Å². The Kier molecular flexibility index (Phi) is 10.4. The minimum Gasteiger partial charge on any atom is -0.211 e. The van der Waals surface area contributed by atoms with Crippen LogP contribution in [0.5, 0.6) is 0 Å². The first-order valence-corrected chi connectivity index (χ1v) is 8.89. The minimum atomic E-state index is -2.86. The molecule has 0 fully saturated rings. The Morgan fingerprint density at radius 1 is 0.708 bits per heavy atom. The molecule has 0 aliphatic heterocycles. The maximum absolute atomic E-state index is 13.9. The van der Waals surface area contributed by atoms with Crippen molar-refractivity contribution in [3.8, 4) is 0 Å². The van der Waals surface area contributed by atoms with E-state index < -0.39 is 24.2 Å². The Morgan fingerprint density at radius 3 is 1.79 bits per heavy atom. The van der Waals surface area contributed by atoms with Gasteiger partial charge in [-0.05, 0) is 31.1 Å². The van der Waals surface area contributed by atoms with Crippen LogP contribution in [0, 0.1) is 17.8 Å². The van der Waals surface area contributed by atoms with E-state index in [1.54, 1.807) is 13.8 Å². The van der Waals surface area contributed by atoms with E-state index in [2.05, 4.69) is 0 Å². The second-order valence-electron chi connectivity index (χ2n) is 7.59. The SMILES string of the molecule is CC(CCC(F)F)CCC(F)(F)CC(C)CCCC(F)(F)C(C)C. The van der Waals surface area contributed by atoms with Crippen LogP contribution in [0.15, 0.2) is 0 Å². The van der Waals surface area contributed by atoms with Gasteiger partial charge >= 0.3 is 0 Å². The summed E-state index contributed by atoms with van der Waals surface area (Å²) in [6.07, 6.45) is -2.56. The maximum Gasteiger partial charge on any atom is 0.250 e. The van der Waals surface area contributed by atoms with Crippen LogP contribution in [0.3, 0.4) is 0 Å². The lowest BCUT2D eigenvalue weighted by Crippen LogP contribution is -2.24. The van der Waals surface area contributed by atoms with Gasteiger partial charge in [0.25, 0.3) is 0 Å². The van der Waals surface area contributed by atoms with Crippen molar-refractivity contribution in [1.82, 2.24) is 0 Å². The molecule has 146 valence electrons. The lowest BCUT2D eigenvalue weighted by atomic mass is 9.90. The van der Waals surface area contributed by atoms with Crippen molar-refractivity contribution in [1.29, 1.82) is 0 Å². The van der Waals surface area contributed by atoms with Crippen LogP contribution >= 0.6 is 0 Å². The summed E-state index contributed by atoms with van der Waals surface area (Å²) < 4.78 is 79.0. The lowest BCUT2D eigenvalue weighted by molar-refractivity contribution is -0.0572. The van der Waals surface area contributed by atoms with Crippen molar-refractivity contribution in [3.05, 3.63) is 0 Å². The van der Waals surface area contributed by atoms with Gasteiger partial charge in [0.2, 0.25) is 18.3 Å². The van der Waals surface area contributed by atoms with Crippen LogP contribution in [0.1, 0.15) is 79.1 Å². The molecule has 2 unspecified atom stereocenters. The number of alkyl halides is 6. The lowest BCUT2D eigenvalue weighted by Gasteiger charge is -2.24.